The van der Waals surface area contributed by atoms with Gasteiger partial charge in [0.05, 0.1) is 12.7 Å². The van der Waals surface area contributed by atoms with Gasteiger partial charge < -0.3 is 14.3 Å². The van der Waals surface area contributed by atoms with Crippen molar-refractivity contribution in [2.45, 2.75) is 6.54 Å². The highest BCUT2D eigenvalue weighted by Gasteiger charge is 2.04. The zero-order valence-corrected chi connectivity index (χ0v) is 10.4. The molecule has 0 saturated carbocycles. The summed E-state index contributed by atoms with van der Waals surface area (Å²) in [7, 11) is 1.92. The smallest absolute Gasteiger partial charge is 0.180 e. The number of oxazole rings is 1. The minimum absolute atomic E-state index is 0.614. The number of rotatable bonds is 4. The molecular formula is C13H13N5O. The predicted molar refractivity (Wildman–Crippen MR) is 70.3 cm³/mol. The van der Waals surface area contributed by atoms with Crippen molar-refractivity contribution < 1.29 is 4.42 Å². The van der Waals surface area contributed by atoms with Gasteiger partial charge in [0.25, 0.3) is 0 Å². The van der Waals surface area contributed by atoms with Gasteiger partial charge in [-0.1, -0.05) is 0 Å². The van der Waals surface area contributed by atoms with Crippen LogP contribution in [-0.4, -0.2) is 19.7 Å². The van der Waals surface area contributed by atoms with Crippen molar-refractivity contribution in [1.29, 1.82) is 0 Å². The molecule has 6 heteroatoms. The van der Waals surface area contributed by atoms with Gasteiger partial charge in [-0.2, -0.15) is 0 Å². The molecule has 0 amide bonds. The van der Waals surface area contributed by atoms with Gasteiger partial charge >= 0.3 is 0 Å². The zero-order valence-electron chi connectivity index (χ0n) is 10.4. The lowest BCUT2D eigenvalue weighted by atomic mass is 10.2. The Labute approximate surface area is 110 Å². The number of nitrogens with one attached hydrogen (secondary N) is 1. The average Bonchev–Trinajstić information content (AvgIpc) is 3.08. The van der Waals surface area contributed by atoms with E-state index in [0.29, 0.717) is 6.54 Å². The van der Waals surface area contributed by atoms with E-state index in [1.165, 1.54) is 6.39 Å². The first kappa shape index (κ1) is 11.5. The molecule has 0 aliphatic rings. The summed E-state index contributed by atoms with van der Waals surface area (Å²) in [5.41, 5.74) is 2.05. The Balaban J connectivity index is 1.71. The highest BCUT2D eigenvalue weighted by atomic mass is 16.3. The maximum atomic E-state index is 5.16. The molecule has 2 heterocycles. The summed E-state index contributed by atoms with van der Waals surface area (Å²) in [5.74, 6) is 1.65. The molecule has 19 heavy (non-hydrogen) atoms. The monoisotopic (exact) mass is 255 g/mol. The van der Waals surface area contributed by atoms with Crippen LogP contribution in [-0.2, 0) is 13.6 Å². The first-order valence-electron chi connectivity index (χ1n) is 5.88. The predicted octanol–water partition coefficient (Wildman–Crippen LogP) is 2.08. The van der Waals surface area contributed by atoms with E-state index in [1.54, 1.807) is 12.5 Å². The summed E-state index contributed by atoms with van der Waals surface area (Å²) < 4.78 is 7.04. The van der Waals surface area contributed by atoms with E-state index in [1.807, 2.05) is 35.9 Å². The summed E-state index contributed by atoms with van der Waals surface area (Å²) >= 11 is 0. The maximum Gasteiger partial charge on any atom is 0.180 e. The number of hydrogen-bond donors (Lipinski definition) is 1. The van der Waals surface area contributed by atoms with Crippen molar-refractivity contribution >= 4 is 5.69 Å². The molecule has 3 rings (SSSR count). The normalized spacial score (nSPS) is 10.6. The molecule has 1 N–H and O–H groups in total. The third-order valence-electron chi connectivity index (χ3n) is 2.80. The third-order valence-corrected chi connectivity index (χ3v) is 2.80. The second-order valence-corrected chi connectivity index (χ2v) is 4.16. The Morgan fingerprint density at radius 3 is 2.74 bits per heavy atom. The molecule has 0 atom stereocenters. The first-order valence-corrected chi connectivity index (χ1v) is 5.88. The summed E-state index contributed by atoms with van der Waals surface area (Å²) in [5, 5.41) is 11.2. The van der Waals surface area contributed by atoms with Crippen molar-refractivity contribution in [3.05, 3.63) is 48.9 Å². The molecule has 0 bridgehead atoms. The molecule has 2 aromatic heterocycles. The lowest BCUT2D eigenvalue weighted by Gasteiger charge is -2.05. The number of anilines is 1. The second-order valence-electron chi connectivity index (χ2n) is 4.16. The molecule has 1 aromatic carbocycles. The highest BCUT2D eigenvalue weighted by molar-refractivity contribution is 5.59. The number of aromatic nitrogens is 4. The molecule has 0 aliphatic heterocycles. The fourth-order valence-corrected chi connectivity index (χ4v) is 1.80. The molecule has 0 saturated heterocycles. The van der Waals surface area contributed by atoms with Crippen molar-refractivity contribution in [2.75, 3.05) is 5.32 Å². The van der Waals surface area contributed by atoms with Crippen LogP contribution in [0.5, 0.6) is 0 Å². The lowest BCUT2D eigenvalue weighted by Crippen LogP contribution is -1.98. The van der Waals surface area contributed by atoms with Gasteiger partial charge in [0.1, 0.15) is 12.1 Å². The van der Waals surface area contributed by atoms with Crippen LogP contribution >= 0.6 is 0 Å². The first-order chi connectivity index (χ1) is 9.33. The van der Waals surface area contributed by atoms with Crippen LogP contribution in [0.3, 0.4) is 0 Å². The van der Waals surface area contributed by atoms with Gasteiger partial charge in [-0.15, -0.1) is 10.2 Å². The van der Waals surface area contributed by atoms with Crippen molar-refractivity contribution in [2.24, 2.45) is 7.05 Å². The maximum absolute atomic E-state index is 5.16. The Morgan fingerprint density at radius 2 is 2.11 bits per heavy atom. The largest absolute Gasteiger partial charge is 0.447 e. The Hall–Kier alpha value is -2.63. The lowest BCUT2D eigenvalue weighted by molar-refractivity contribution is 0.512. The van der Waals surface area contributed by atoms with E-state index in [2.05, 4.69) is 20.5 Å². The van der Waals surface area contributed by atoms with E-state index in [9.17, 15) is 0 Å². The van der Waals surface area contributed by atoms with Crippen LogP contribution in [0, 0.1) is 0 Å². The topological polar surface area (TPSA) is 68.8 Å². The molecule has 6 nitrogen and oxygen atoms in total. The molecule has 96 valence electrons. The van der Waals surface area contributed by atoms with Crippen molar-refractivity contribution in [3.8, 4) is 11.4 Å². The van der Waals surface area contributed by atoms with Crippen LogP contribution < -0.4 is 5.32 Å². The van der Waals surface area contributed by atoms with Crippen molar-refractivity contribution in [1.82, 2.24) is 19.7 Å². The van der Waals surface area contributed by atoms with E-state index in [-0.39, 0.29) is 0 Å². The Morgan fingerprint density at radius 1 is 1.26 bits per heavy atom. The molecule has 0 fully saturated rings. The molecule has 0 aliphatic carbocycles. The number of hydrogen-bond acceptors (Lipinski definition) is 5. The summed E-state index contributed by atoms with van der Waals surface area (Å²) in [6.45, 7) is 0.614. The van der Waals surface area contributed by atoms with Gasteiger partial charge in [-0.25, -0.2) is 4.98 Å². The SMILES string of the molecule is Cn1cnnc1-c1ccc(NCc2cnco2)cc1. The number of aryl methyl sites for hydroxylation is 1. The van der Waals surface area contributed by atoms with Crippen LogP contribution in [0.15, 0.2) is 47.6 Å². The van der Waals surface area contributed by atoms with E-state index < -0.39 is 0 Å². The Kier molecular flexibility index (Phi) is 2.97. The zero-order chi connectivity index (χ0) is 13.1. The number of benzene rings is 1. The van der Waals surface area contributed by atoms with Gasteiger partial charge in [0.2, 0.25) is 0 Å². The molecule has 0 radical (unpaired) electrons. The van der Waals surface area contributed by atoms with E-state index in [4.69, 9.17) is 4.42 Å². The van der Waals surface area contributed by atoms with E-state index in [0.717, 1.165) is 22.8 Å². The van der Waals surface area contributed by atoms with Gasteiger partial charge in [-0.3, -0.25) is 0 Å². The quantitative estimate of drug-likeness (QED) is 0.773. The summed E-state index contributed by atoms with van der Waals surface area (Å²) in [4.78, 5) is 3.87. The van der Waals surface area contributed by atoms with Crippen LogP contribution in [0.25, 0.3) is 11.4 Å². The van der Waals surface area contributed by atoms with Gasteiger partial charge in [0, 0.05) is 18.3 Å². The highest BCUT2D eigenvalue weighted by Crippen LogP contribution is 2.18. The van der Waals surface area contributed by atoms with Gasteiger partial charge in [-0.05, 0) is 24.3 Å². The van der Waals surface area contributed by atoms with Gasteiger partial charge in [0.15, 0.2) is 12.2 Å². The summed E-state index contributed by atoms with van der Waals surface area (Å²) in [6, 6.07) is 8.01. The minimum Gasteiger partial charge on any atom is -0.447 e. The average molecular weight is 255 g/mol. The molecular weight excluding hydrogens is 242 g/mol. The van der Waals surface area contributed by atoms with Crippen LogP contribution in [0.4, 0.5) is 5.69 Å². The van der Waals surface area contributed by atoms with Crippen molar-refractivity contribution in [3.63, 3.8) is 0 Å². The Bertz CT molecular complexity index is 642. The molecule has 0 unspecified atom stereocenters. The second kappa shape index (κ2) is 4.93. The third kappa shape index (κ3) is 2.47. The van der Waals surface area contributed by atoms with Crippen LogP contribution in [0.2, 0.25) is 0 Å². The number of nitrogens with zero attached hydrogens (tertiary/aromatic N) is 4. The fraction of sp³-hybridized carbons (Fsp3) is 0.154. The fourth-order valence-electron chi connectivity index (χ4n) is 1.80. The van der Waals surface area contributed by atoms with Crippen LogP contribution in [0.1, 0.15) is 5.76 Å². The minimum atomic E-state index is 0.614. The standard InChI is InChI=1S/C13H13N5O/c1-18-8-16-17-13(18)10-2-4-11(5-3-10)15-7-12-6-14-9-19-12/h2-6,8-9,15H,7H2,1H3. The molecule has 3 aromatic rings. The summed E-state index contributed by atoms with van der Waals surface area (Å²) in [6.07, 6.45) is 4.81. The molecule has 0 spiro atoms. The van der Waals surface area contributed by atoms with E-state index >= 15 is 0 Å².